The second kappa shape index (κ2) is 5.79. The molecule has 104 valence electrons. The van der Waals surface area contributed by atoms with E-state index in [0.717, 1.165) is 12.3 Å². The van der Waals surface area contributed by atoms with Gasteiger partial charge in [-0.25, -0.2) is 0 Å². The Morgan fingerprint density at radius 3 is 3.00 bits per heavy atom. The van der Waals surface area contributed by atoms with E-state index >= 15 is 0 Å². The number of piperidine rings is 1. The van der Waals surface area contributed by atoms with Crippen molar-refractivity contribution in [1.29, 1.82) is 0 Å². The van der Waals surface area contributed by atoms with Gasteiger partial charge < -0.3 is 4.74 Å². The van der Waals surface area contributed by atoms with Crippen LogP contribution in [0.2, 0.25) is 0 Å². The van der Waals surface area contributed by atoms with Crippen LogP contribution in [0, 0.1) is 0 Å². The van der Waals surface area contributed by atoms with Gasteiger partial charge >= 0.3 is 0 Å². The van der Waals surface area contributed by atoms with Gasteiger partial charge in [0.1, 0.15) is 5.75 Å². The smallest absolute Gasteiger partial charge is 0.119 e. The van der Waals surface area contributed by atoms with Gasteiger partial charge in [0.15, 0.2) is 0 Å². The third-order valence-electron chi connectivity index (χ3n) is 4.70. The van der Waals surface area contributed by atoms with Crippen LogP contribution in [0.3, 0.4) is 0 Å². The molecule has 0 aliphatic carbocycles. The van der Waals surface area contributed by atoms with Gasteiger partial charge in [-0.1, -0.05) is 25.1 Å². The minimum Gasteiger partial charge on any atom is -0.497 e. The van der Waals surface area contributed by atoms with E-state index in [9.17, 15) is 0 Å². The fourth-order valence-electron chi connectivity index (χ4n) is 3.23. The van der Waals surface area contributed by atoms with E-state index in [-0.39, 0.29) is 5.41 Å². The molecule has 0 amide bonds. The van der Waals surface area contributed by atoms with Crippen molar-refractivity contribution >= 4 is 0 Å². The molecule has 1 aliphatic rings. The first-order valence-electron chi connectivity index (χ1n) is 7.11. The lowest BCUT2D eigenvalue weighted by atomic mass is 9.70. The number of hydrogen-bond acceptors (Lipinski definition) is 2. The Hall–Kier alpha value is -1.28. The van der Waals surface area contributed by atoms with Crippen molar-refractivity contribution in [3.63, 3.8) is 0 Å². The normalized spacial score (nSPS) is 28.1. The first-order chi connectivity index (χ1) is 9.11. The SMILES string of the molecule is C=CCN1CCC[C@](C)(c2cccc(OC)c2)[C@@H]1C. The monoisotopic (exact) mass is 259 g/mol. The lowest BCUT2D eigenvalue weighted by Crippen LogP contribution is -2.51. The molecule has 0 N–H and O–H groups in total. The van der Waals surface area contributed by atoms with Gasteiger partial charge in [0, 0.05) is 18.0 Å². The molecule has 1 heterocycles. The van der Waals surface area contributed by atoms with E-state index in [4.69, 9.17) is 4.74 Å². The van der Waals surface area contributed by atoms with Crippen LogP contribution in [0.25, 0.3) is 0 Å². The highest BCUT2D eigenvalue weighted by molar-refractivity contribution is 5.35. The molecule has 1 fully saturated rings. The van der Waals surface area contributed by atoms with Crippen molar-refractivity contribution in [2.75, 3.05) is 20.2 Å². The van der Waals surface area contributed by atoms with Gasteiger partial charge in [-0.15, -0.1) is 6.58 Å². The van der Waals surface area contributed by atoms with Crippen LogP contribution in [-0.2, 0) is 5.41 Å². The number of likely N-dealkylation sites (tertiary alicyclic amines) is 1. The van der Waals surface area contributed by atoms with Gasteiger partial charge in [0.05, 0.1) is 7.11 Å². The average Bonchev–Trinajstić information content (AvgIpc) is 2.44. The van der Waals surface area contributed by atoms with Crippen LogP contribution in [0.5, 0.6) is 5.75 Å². The van der Waals surface area contributed by atoms with Gasteiger partial charge in [0.25, 0.3) is 0 Å². The summed E-state index contributed by atoms with van der Waals surface area (Å²) in [7, 11) is 1.73. The lowest BCUT2D eigenvalue weighted by Gasteiger charge is -2.47. The van der Waals surface area contributed by atoms with Crippen molar-refractivity contribution in [1.82, 2.24) is 4.90 Å². The maximum atomic E-state index is 5.37. The molecule has 2 nitrogen and oxygen atoms in total. The fourth-order valence-corrected chi connectivity index (χ4v) is 3.23. The highest BCUT2D eigenvalue weighted by Crippen LogP contribution is 2.39. The summed E-state index contributed by atoms with van der Waals surface area (Å²) in [6.07, 6.45) is 4.48. The number of benzene rings is 1. The fraction of sp³-hybridized carbons (Fsp3) is 0.529. The Morgan fingerprint density at radius 1 is 1.53 bits per heavy atom. The van der Waals surface area contributed by atoms with Crippen molar-refractivity contribution in [3.05, 3.63) is 42.5 Å². The van der Waals surface area contributed by atoms with Crippen molar-refractivity contribution < 1.29 is 4.74 Å². The summed E-state index contributed by atoms with van der Waals surface area (Å²) in [5.74, 6) is 0.951. The van der Waals surface area contributed by atoms with E-state index in [2.05, 4.69) is 43.5 Å². The minimum atomic E-state index is 0.190. The molecular formula is C17H25NO. The van der Waals surface area contributed by atoms with Crippen LogP contribution in [0.15, 0.2) is 36.9 Å². The summed E-state index contributed by atoms with van der Waals surface area (Å²) in [5, 5.41) is 0. The maximum Gasteiger partial charge on any atom is 0.119 e. The highest BCUT2D eigenvalue weighted by Gasteiger charge is 2.39. The molecule has 0 radical (unpaired) electrons. The van der Waals surface area contributed by atoms with Crippen LogP contribution < -0.4 is 4.74 Å². The number of rotatable bonds is 4. The summed E-state index contributed by atoms with van der Waals surface area (Å²) in [6.45, 7) is 10.7. The van der Waals surface area contributed by atoms with Crippen LogP contribution in [0.4, 0.5) is 0 Å². The summed E-state index contributed by atoms with van der Waals surface area (Å²) >= 11 is 0. The Morgan fingerprint density at radius 2 is 2.32 bits per heavy atom. The standard InChI is InChI=1S/C17H25NO/c1-5-11-18-12-7-10-17(3,14(18)2)15-8-6-9-16(13-15)19-4/h5-6,8-9,13-14H,1,7,10-12H2,2-4H3/t14-,17-/m0/s1. The molecule has 1 aromatic carbocycles. The molecule has 0 aromatic heterocycles. The number of nitrogens with zero attached hydrogens (tertiary/aromatic N) is 1. The molecule has 2 atom stereocenters. The molecule has 2 heteroatoms. The number of hydrogen-bond donors (Lipinski definition) is 0. The summed E-state index contributed by atoms with van der Waals surface area (Å²) in [5.41, 5.74) is 1.57. The molecular weight excluding hydrogens is 234 g/mol. The Kier molecular flexibility index (Phi) is 4.31. The van der Waals surface area contributed by atoms with Crippen molar-refractivity contribution in [3.8, 4) is 5.75 Å². The molecule has 0 bridgehead atoms. The number of ether oxygens (including phenoxy) is 1. The van der Waals surface area contributed by atoms with Gasteiger partial charge in [-0.2, -0.15) is 0 Å². The highest BCUT2D eigenvalue weighted by atomic mass is 16.5. The first-order valence-corrected chi connectivity index (χ1v) is 7.11. The third kappa shape index (κ3) is 2.69. The van der Waals surface area contributed by atoms with E-state index in [1.54, 1.807) is 7.11 Å². The Labute approximate surface area is 117 Å². The molecule has 2 rings (SSSR count). The second-order valence-electron chi connectivity index (χ2n) is 5.71. The largest absolute Gasteiger partial charge is 0.497 e. The van der Waals surface area contributed by atoms with Gasteiger partial charge in [0.2, 0.25) is 0 Å². The minimum absolute atomic E-state index is 0.190. The Bertz CT molecular complexity index is 443. The molecule has 0 unspecified atom stereocenters. The summed E-state index contributed by atoms with van der Waals surface area (Å²) < 4.78 is 5.37. The lowest BCUT2D eigenvalue weighted by molar-refractivity contribution is 0.0991. The predicted molar refractivity (Wildman–Crippen MR) is 80.8 cm³/mol. The number of methoxy groups -OCH3 is 1. The zero-order valence-corrected chi connectivity index (χ0v) is 12.4. The molecule has 0 saturated carbocycles. The Balaban J connectivity index is 2.31. The third-order valence-corrected chi connectivity index (χ3v) is 4.70. The quantitative estimate of drug-likeness (QED) is 0.766. The molecule has 0 spiro atoms. The van der Waals surface area contributed by atoms with E-state index < -0.39 is 0 Å². The molecule has 1 aliphatic heterocycles. The van der Waals surface area contributed by atoms with Crippen molar-refractivity contribution in [2.45, 2.75) is 38.1 Å². The van der Waals surface area contributed by atoms with Crippen LogP contribution in [-0.4, -0.2) is 31.1 Å². The molecule has 1 saturated heterocycles. The second-order valence-corrected chi connectivity index (χ2v) is 5.71. The summed E-state index contributed by atoms with van der Waals surface area (Å²) in [6, 6.07) is 9.05. The van der Waals surface area contributed by atoms with E-state index in [0.29, 0.717) is 6.04 Å². The van der Waals surface area contributed by atoms with Gasteiger partial charge in [-0.3, -0.25) is 4.90 Å². The topological polar surface area (TPSA) is 12.5 Å². The molecule has 19 heavy (non-hydrogen) atoms. The zero-order valence-electron chi connectivity index (χ0n) is 12.4. The van der Waals surface area contributed by atoms with E-state index in [1.165, 1.54) is 24.9 Å². The van der Waals surface area contributed by atoms with E-state index in [1.807, 2.05) is 12.1 Å². The molecule has 1 aromatic rings. The average molecular weight is 259 g/mol. The summed E-state index contributed by atoms with van der Waals surface area (Å²) in [4.78, 5) is 2.52. The maximum absolute atomic E-state index is 5.37. The van der Waals surface area contributed by atoms with Crippen molar-refractivity contribution in [2.24, 2.45) is 0 Å². The predicted octanol–water partition coefficient (Wildman–Crippen LogP) is 3.62. The van der Waals surface area contributed by atoms with Gasteiger partial charge in [-0.05, 0) is 44.0 Å². The first kappa shape index (κ1) is 14.1. The zero-order chi connectivity index (χ0) is 13.9. The van der Waals surface area contributed by atoms with Crippen LogP contribution in [0.1, 0.15) is 32.3 Å². The van der Waals surface area contributed by atoms with Crippen LogP contribution >= 0.6 is 0 Å².